The van der Waals surface area contributed by atoms with Crippen LogP contribution in [0.5, 0.6) is 0 Å². The number of nitrogens with two attached hydrogens (primary N) is 1. The molecule has 4 nitrogen and oxygen atoms in total. The lowest BCUT2D eigenvalue weighted by Gasteiger charge is -2.17. The first-order valence-electron chi connectivity index (χ1n) is 7.65. The third-order valence-electron chi connectivity index (χ3n) is 3.97. The van der Waals surface area contributed by atoms with E-state index in [9.17, 15) is 18.0 Å². The Morgan fingerprint density at radius 2 is 1.84 bits per heavy atom. The van der Waals surface area contributed by atoms with Crippen molar-refractivity contribution in [1.29, 1.82) is 0 Å². The zero-order valence-corrected chi connectivity index (χ0v) is 13.6. The van der Waals surface area contributed by atoms with E-state index < -0.39 is 23.3 Å². The SMILES string of the molecule is Cc1cccc2c(=O)n(-c3cccc(C(F)(F)F)c3)c(C(C)N)nc12. The molecule has 0 spiro atoms. The van der Waals surface area contributed by atoms with Crippen molar-refractivity contribution in [3.8, 4) is 5.69 Å². The van der Waals surface area contributed by atoms with Gasteiger partial charge in [0.2, 0.25) is 0 Å². The molecule has 1 aromatic heterocycles. The molecule has 2 N–H and O–H groups in total. The van der Waals surface area contributed by atoms with Gasteiger partial charge < -0.3 is 5.73 Å². The topological polar surface area (TPSA) is 60.9 Å². The van der Waals surface area contributed by atoms with Crippen molar-refractivity contribution < 1.29 is 13.2 Å². The molecule has 130 valence electrons. The zero-order chi connectivity index (χ0) is 18.4. The molecule has 0 aliphatic rings. The molecule has 0 aliphatic carbocycles. The lowest BCUT2D eigenvalue weighted by molar-refractivity contribution is -0.137. The molecule has 0 fully saturated rings. The Kier molecular flexibility index (Phi) is 4.12. The van der Waals surface area contributed by atoms with Crippen LogP contribution in [0.3, 0.4) is 0 Å². The monoisotopic (exact) mass is 347 g/mol. The number of aryl methyl sites for hydroxylation is 1. The Labute approximate surface area is 141 Å². The molecule has 0 amide bonds. The molecule has 25 heavy (non-hydrogen) atoms. The minimum absolute atomic E-state index is 0.0861. The Morgan fingerprint density at radius 1 is 1.16 bits per heavy atom. The number of alkyl halides is 3. The highest BCUT2D eigenvalue weighted by atomic mass is 19.4. The highest BCUT2D eigenvalue weighted by Gasteiger charge is 2.31. The number of rotatable bonds is 2. The van der Waals surface area contributed by atoms with Crippen LogP contribution in [0.4, 0.5) is 13.2 Å². The summed E-state index contributed by atoms with van der Waals surface area (Å²) < 4.78 is 40.2. The van der Waals surface area contributed by atoms with Crippen LogP contribution in [-0.4, -0.2) is 9.55 Å². The molecule has 0 aliphatic heterocycles. The highest BCUT2D eigenvalue weighted by molar-refractivity contribution is 5.81. The molecule has 7 heteroatoms. The van der Waals surface area contributed by atoms with E-state index in [1.54, 1.807) is 19.1 Å². The number of nitrogens with zero attached hydrogens (tertiary/aromatic N) is 2. The minimum atomic E-state index is -4.50. The number of benzene rings is 2. The maximum atomic E-state index is 13.0. The fourth-order valence-electron chi connectivity index (χ4n) is 2.75. The van der Waals surface area contributed by atoms with E-state index in [1.165, 1.54) is 12.1 Å². The number of hydrogen-bond donors (Lipinski definition) is 1. The molecule has 1 atom stereocenters. The average Bonchev–Trinajstić information content (AvgIpc) is 2.54. The Bertz CT molecular complexity index is 1010. The first-order valence-corrected chi connectivity index (χ1v) is 7.65. The lowest BCUT2D eigenvalue weighted by atomic mass is 10.1. The molecular weight excluding hydrogens is 331 g/mol. The molecule has 2 aromatic carbocycles. The minimum Gasteiger partial charge on any atom is -0.322 e. The third kappa shape index (κ3) is 3.02. The van der Waals surface area contributed by atoms with E-state index in [0.717, 1.165) is 22.3 Å². The fourth-order valence-corrected chi connectivity index (χ4v) is 2.75. The van der Waals surface area contributed by atoms with Crippen LogP contribution in [0.25, 0.3) is 16.6 Å². The molecule has 3 rings (SSSR count). The normalized spacial score (nSPS) is 13.2. The molecular formula is C18H16F3N3O. The van der Waals surface area contributed by atoms with Gasteiger partial charge in [-0.15, -0.1) is 0 Å². The highest BCUT2D eigenvalue weighted by Crippen LogP contribution is 2.30. The second-order valence-electron chi connectivity index (χ2n) is 5.92. The van der Waals surface area contributed by atoms with Crippen LogP contribution < -0.4 is 11.3 Å². The molecule has 1 heterocycles. The first-order chi connectivity index (χ1) is 11.7. The van der Waals surface area contributed by atoms with Gasteiger partial charge >= 0.3 is 6.18 Å². The second kappa shape index (κ2) is 6.00. The van der Waals surface area contributed by atoms with E-state index in [2.05, 4.69) is 4.98 Å². The van der Waals surface area contributed by atoms with Crippen LogP contribution in [0.15, 0.2) is 47.3 Å². The number of fused-ring (bicyclic) bond motifs is 1. The Balaban J connectivity index is 2.38. The summed E-state index contributed by atoms with van der Waals surface area (Å²) >= 11 is 0. The molecule has 0 saturated carbocycles. The summed E-state index contributed by atoms with van der Waals surface area (Å²) in [7, 11) is 0. The van der Waals surface area contributed by atoms with Gasteiger partial charge in [0.05, 0.1) is 28.2 Å². The largest absolute Gasteiger partial charge is 0.416 e. The van der Waals surface area contributed by atoms with Crippen molar-refractivity contribution in [1.82, 2.24) is 9.55 Å². The van der Waals surface area contributed by atoms with Crippen LogP contribution >= 0.6 is 0 Å². The molecule has 0 saturated heterocycles. The van der Waals surface area contributed by atoms with Gasteiger partial charge in [-0.2, -0.15) is 13.2 Å². The standard InChI is InChI=1S/C18H16F3N3O/c1-10-5-3-8-14-15(10)23-16(11(2)22)24(17(14)25)13-7-4-6-12(9-13)18(19,20)21/h3-9,11H,22H2,1-2H3. The van der Waals surface area contributed by atoms with Gasteiger partial charge in [0.25, 0.3) is 5.56 Å². The number of hydrogen-bond acceptors (Lipinski definition) is 3. The smallest absolute Gasteiger partial charge is 0.322 e. The van der Waals surface area contributed by atoms with Gasteiger partial charge in [-0.05, 0) is 43.7 Å². The summed E-state index contributed by atoms with van der Waals surface area (Å²) in [5, 5.41) is 0.335. The average molecular weight is 347 g/mol. The lowest BCUT2D eigenvalue weighted by Crippen LogP contribution is -2.28. The van der Waals surface area contributed by atoms with Gasteiger partial charge in [0.15, 0.2) is 0 Å². The number of halogens is 3. The second-order valence-corrected chi connectivity index (χ2v) is 5.92. The zero-order valence-electron chi connectivity index (χ0n) is 13.6. The summed E-state index contributed by atoms with van der Waals surface area (Å²) in [4.78, 5) is 17.4. The summed E-state index contributed by atoms with van der Waals surface area (Å²) in [6, 6.07) is 9.08. The van der Waals surface area contributed by atoms with Crippen molar-refractivity contribution in [2.45, 2.75) is 26.1 Å². The van der Waals surface area contributed by atoms with Crippen molar-refractivity contribution in [3.05, 3.63) is 69.8 Å². The van der Waals surface area contributed by atoms with Gasteiger partial charge in [-0.1, -0.05) is 18.2 Å². The van der Waals surface area contributed by atoms with Crippen molar-refractivity contribution >= 4 is 10.9 Å². The maximum absolute atomic E-state index is 13.0. The first kappa shape index (κ1) is 17.2. The van der Waals surface area contributed by atoms with Crippen LogP contribution in [0.1, 0.15) is 29.9 Å². The predicted molar refractivity (Wildman–Crippen MR) is 89.7 cm³/mol. The van der Waals surface area contributed by atoms with Gasteiger partial charge in [0, 0.05) is 0 Å². The van der Waals surface area contributed by atoms with Gasteiger partial charge in [-0.3, -0.25) is 9.36 Å². The summed E-state index contributed by atoms with van der Waals surface area (Å²) in [6.07, 6.45) is -4.50. The molecule has 1 unspecified atom stereocenters. The molecule has 3 aromatic rings. The summed E-state index contributed by atoms with van der Waals surface area (Å²) in [6.45, 7) is 3.45. The number of para-hydroxylation sites is 1. The summed E-state index contributed by atoms with van der Waals surface area (Å²) in [5.74, 6) is 0.214. The van der Waals surface area contributed by atoms with E-state index >= 15 is 0 Å². The fraction of sp³-hybridized carbons (Fsp3) is 0.222. The third-order valence-corrected chi connectivity index (χ3v) is 3.97. The quantitative estimate of drug-likeness (QED) is 0.768. The molecule has 0 bridgehead atoms. The summed E-state index contributed by atoms with van der Waals surface area (Å²) in [5.41, 5.74) is 6.05. The van der Waals surface area contributed by atoms with Crippen LogP contribution in [0.2, 0.25) is 0 Å². The van der Waals surface area contributed by atoms with Gasteiger partial charge in [-0.25, -0.2) is 4.98 Å². The van der Waals surface area contributed by atoms with E-state index in [4.69, 9.17) is 5.73 Å². The van der Waals surface area contributed by atoms with E-state index in [1.807, 2.05) is 13.0 Å². The molecule has 0 radical (unpaired) electrons. The van der Waals surface area contributed by atoms with Gasteiger partial charge in [0.1, 0.15) is 5.82 Å². The predicted octanol–water partition coefficient (Wildman–Crippen LogP) is 3.73. The van der Waals surface area contributed by atoms with Crippen molar-refractivity contribution in [2.24, 2.45) is 5.73 Å². The maximum Gasteiger partial charge on any atom is 0.416 e. The number of aromatic nitrogens is 2. The van der Waals surface area contributed by atoms with Crippen molar-refractivity contribution in [2.75, 3.05) is 0 Å². The van der Waals surface area contributed by atoms with Crippen LogP contribution in [-0.2, 0) is 6.18 Å². The van der Waals surface area contributed by atoms with Crippen LogP contribution in [0, 0.1) is 6.92 Å². The van der Waals surface area contributed by atoms with Crippen molar-refractivity contribution in [3.63, 3.8) is 0 Å². The Hall–Kier alpha value is -2.67. The van der Waals surface area contributed by atoms with E-state index in [-0.39, 0.29) is 11.5 Å². The van der Waals surface area contributed by atoms with E-state index in [0.29, 0.717) is 10.9 Å². The Morgan fingerprint density at radius 3 is 2.48 bits per heavy atom.